The number of nitrogens with zero attached hydrogens (tertiary/aromatic N) is 2. The van der Waals surface area contributed by atoms with Crippen molar-refractivity contribution < 1.29 is 18.7 Å². The molecule has 1 N–H and O–H groups in total. The summed E-state index contributed by atoms with van der Waals surface area (Å²) in [7, 11) is 1.61. The van der Waals surface area contributed by atoms with E-state index < -0.39 is 0 Å². The largest absolute Gasteiger partial charge is 0.497 e. The average molecular weight is 397 g/mol. The smallest absolute Gasteiger partial charge is 0.293 e. The lowest BCUT2D eigenvalue weighted by atomic mass is 10.1. The molecule has 3 aromatic rings. The Balaban J connectivity index is 1.41. The molecule has 2 amide bonds. The average Bonchev–Trinajstić information content (AvgIpc) is 3.37. The van der Waals surface area contributed by atoms with Crippen LogP contribution in [-0.2, 0) is 24.2 Å². The van der Waals surface area contributed by atoms with E-state index in [1.54, 1.807) is 19.2 Å². The molecule has 144 valence electrons. The number of amides is 2. The Kier molecular flexibility index (Phi) is 5.12. The fraction of sp³-hybridized carbons (Fsp3) is 0.250. The van der Waals surface area contributed by atoms with E-state index >= 15 is 0 Å². The van der Waals surface area contributed by atoms with Crippen LogP contribution in [0.15, 0.2) is 47.1 Å². The summed E-state index contributed by atoms with van der Waals surface area (Å²) in [4.78, 5) is 32.1. The van der Waals surface area contributed by atoms with Gasteiger partial charge in [-0.1, -0.05) is 23.5 Å². The first-order valence-electron chi connectivity index (χ1n) is 8.86. The molecule has 0 spiro atoms. The molecule has 1 aliphatic heterocycles. The molecule has 2 aromatic heterocycles. The summed E-state index contributed by atoms with van der Waals surface area (Å²) in [5, 5.41) is 3.28. The minimum absolute atomic E-state index is 0.0634. The van der Waals surface area contributed by atoms with Crippen molar-refractivity contribution >= 4 is 28.3 Å². The third kappa shape index (κ3) is 3.91. The molecular formula is C20H19N3O4S. The molecule has 0 saturated carbocycles. The summed E-state index contributed by atoms with van der Waals surface area (Å²) >= 11 is 1.40. The molecule has 0 unspecified atom stereocenters. The van der Waals surface area contributed by atoms with Crippen LogP contribution in [0.3, 0.4) is 0 Å². The van der Waals surface area contributed by atoms with Gasteiger partial charge in [0.2, 0.25) is 5.91 Å². The van der Waals surface area contributed by atoms with Crippen LogP contribution in [0.2, 0.25) is 0 Å². The predicted octanol–water partition coefficient (Wildman–Crippen LogP) is 3.12. The lowest BCUT2D eigenvalue weighted by Gasteiger charge is -2.26. The highest BCUT2D eigenvalue weighted by Crippen LogP contribution is 2.29. The first-order valence-corrected chi connectivity index (χ1v) is 9.68. The van der Waals surface area contributed by atoms with Crippen LogP contribution in [0.1, 0.15) is 26.7 Å². The van der Waals surface area contributed by atoms with Gasteiger partial charge in [-0.05, 0) is 29.8 Å². The highest BCUT2D eigenvalue weighted by atomic mass is 32.1. The number of carbonyl (C=O) groups excluding carboxylic acids is 2. The van der Waals surface area contributed by atoms with E-state index in [1.807, 2.05) is 29.2 Å². The quantitative estimate of drug-likeness (QED) is 0.715. The van der Waals surface area contributed by atoms with Crippen molar-refractivity contribution in [2.24, 2.45) is 0 Å². The topological polar surface area (TPSA) is 84.7 Å². The first kappa shape index (κ1) is 18.2. The zero-order valence-corrected chi connectivity index (χ0v) is 16.1. The second kappa shape index (κ2) is 7.85. The summed E-state index contributed by atoms with van der Waals surface area (Å²) in [6.07, 6.45) is 2.45. The number of hydrogen-bond donors (Lipinski definition) is 1. The SMILES string of the molecule is COc1cccc(CC(=O)N2CCc3nc(NC(=O)c4ccco4)sc3C2)c1. The highest BCUT2D eigenvalue weighted by Gasteiger charge is 2.25. The summed E-state index contributed by atoms with van der Waals surface area (Å²) in [5.41, 5.74) is 1.86. The van der Waals surface area contributed by atoms with Gasteiger partial charge in [-0.15, -0.1) is 0 Å². The van der Waals surface area contributed by atoms with Gasteiger partial charge in [0.25, 0.3) is 5.91 Å². The number of furan rings is 1. The fourth-order valence-electron chi connectivity index (χ4n) is 3.10. The van der Waals surface area contributed by atoms with Crippen molar-refractivity contribution in [1.29, 1.82) is 0 Å². The number of ether oxygens (including phenoxy) is 1. The third-order valence-electron chi connectivity index (χ3n) is 4.54. The Bertz CT molecular complexity index is 997. The minimum atomic E-state index is -0.331. The maximum Gasteiger partial charge on any atom is 0.293 e. The van der Waals surface area contributed by atoms with Crippen molar-refractivity contribution in [2.45, 2.75) is 19.4 Å². The van der Waals surface area contributed by atoms with E-state index in [-0.39, 0.29) is 17.6 Å². The molecule has 0 saturated heterocycles. The molecule has 0 atom stereocenters. The molecule has 28 heavy (non-hydrogen) atoms. The van der Waals surface area contributed by atoms with Crippen LogP contribution in [0, 0.1) is 0 Å². The van der Waals surface area contributed by atoms with Crippen LogP contribution in [-0.4, -0.2) is 35.4 Å². The van der Waals surface area contributed by atoms with Crippen molar-refractivity contribution in [3.8, 4) is 5.75 Å². The molecule has 0 fully saturated rings. The van der Waals surface area contributed by atoms with Crippen LogP contribution < -0.4 is 10.1 Å². The summed E-state index contributed by atoms with van der Waals surface area (Å²) in [6.45, 7) is 1.12. The van der Waals surface area contributed by atoms with Gasteiger partial charge in [-0.3, -0.25) is 14.9 Å². The lowest BCUT2D eigenvalue weighted by molar-refractivity contribution is -0.131. The van der Waals surface area contributed by atoms with Gasteiger partial charge in [-0.25, -0.2) is 4.98 Å². The zero-order chi connectivity index (χ0) is 19.5. The fourth-order valence-corrected chi connectivity index (χ4v) is 4.12. The number of anilines is 1. The van der Waals surface area contributed by atoms with E-state index in [9.17, 15) is 9.59 Å². The summed E-state index contributed by atoms with van der Waals surface area (Å²) in [5.74, 6) is 0.712. The minimum Gasteiger partial charge on any atom is -0.497 e. The third-order valence-corrected chi connectivity index (χ3v) is 5.54. The number of rotatable bonds is 5. The Morgan fingerprint density at radius 3 is 3.00 bits per heavy atom. The van der Waals surface area contributed by atoms with Gasteiger partial charge in [0.05, 0.1) is 32.0 Å². The number of benzene rings is 1. The second-order valence-electron chi connectivity index (χ2n) is 6.41. The van der Waals surface area contributed by atoms with Crippen molar-refractivity contribution in [3.63, 3.8) is 0 Å². The Morgan fingerprint density at radius 2 is 2.21 bits per heavy atom. The zero-order valence-electron chi connectivity index (χ0n) is 15.3. The van der Waals surface area contributed by atoms with Crippen LogP contribution >= 0.6 is 11.3 Å². The molecule has 3 heterocycles. The van der Waals surface area contributed by atoms with Crippen molar-refractivity contribution in [1.82, 2.24) is 9.88 Å². The molecule has 0 aliphatic carbocycles. The number of aromatic nitrogens is 1. The van der Waals surface area contributed by atoms with Crippen LogP contribution in [0.5, 0.6) is 5.75 Å². The van der Waals surface area contributed by atoms with E-state index in [1.165, 1.54) is 17.6 Å². The molecule has 1 aliphatic rings. The molecule has 4 rings (SSSR count). The van der Waals surface area contributed by atoms with E-state index in [0.29, 0.717) is 31.1 Å². The van der Waals surface area contributed by atoms with Gasteiger partial charge in [0, 0.05) is 17.8 Å². The predicted molar refractivity (Wildman–Crippen MR) is 105 cm³/mol. The number of fused-ring (bicyclic) bond motifs is 1. The number of carbonyl (C=O) groups is 2. The molecular weight excluding hydrogens is 378 g/mol. The Labute approximate surface area is 165 Å². The van der Waals surface area contributed by atoms with Crippen LogP contribution in [0.25, 0.3) is 0 Å². The van der Waals surface area contributed by atoms with E-state index in [2.05, 4.69) is 10.3 Å². The maximum atomic E-state index is 12.7. The molecule has 7 nitrogen and oxygen atoms in total. The molecule has 1 aromatic carbocycles. The van der Waals surface area contributed by atoms with Gasteiger partial charge in [-0.2, -0.15) is 0 Å². The molecule has 0 bridgehead atoms. The van der Waals surface area contributed by atoms with Gasteiger partial charge < -0.3 is 14.1 Å². The van der Waals surface area contributed by atoms with Crippen LogP contribution in [0.4, 0.5) is 5.13 Å². The number of methoxy groups -OCH3 is 1. The van der Waals surface area contributed by atoms with Crippen molar-refractivity contribution in [2.75, 3.05) is 19.0 Å². The van der Waals surface area contributed by atoms with Gasteiger partial charge >= 0.3 is 0 Å². The monoisotopic (exact) mass is 397 g/mol. The number of thiazole rings is 1. The lowest BCUT2D eigenvalue weighted by Crippen LogP contribution is -2.36. The van der Waals surface area contributed by atoms with Gasteiger partial charge in [0.1, 0.15) is 5.75 Å². The first-order chi connectivity index (χ1) is 13.6. The Morgan fingerprint density at radius 1 is 1.32 bits per heavy atom. The standard InChI is InChI=1S/C20H19N3O4S/c1-26-14-5-2-4-13(10-14)11-18(24)23-8-7-15-17(12-23)28-20(21-15)22-19(25)16-6-3-9-27-16/h2-6,9-10H,7-8,11-12H2,1H3,(H,21,22,25). The normalized spacial score (nSPS) is 13.1. The highest BCUT2D eigenvalue weighted by molar-refractivity contribution is 7.15. The second-order valence-corrected chi connectivity index (χ2v) is 7.50. The van der Waals surface area contributed by atoms with E-state index in [4.69, 9.17) is 9.15 Å². The number of hydrogen-bond acceptors (Lipinski definition) is 6. The van der Waals surface area contributed by atoms with E-state index in [0.717, 1.165) is 21.9 Å². The summed E-state index contributed by atoms with van der Waals surface area (Å²) in [6, 6.07) is 10.8. The molecule has 0 radical (unpaired) electrons. The Hall–Kier alpha value is -3.13. The van der Waals surface area contributed by atoms with Gasteiger partial charge in [0.15, 0.2) is 10.9 Å². The summed E-state index contributed by atoms with van der Waals surface area (Å²) < 4.78 is 10.3. The molecule has 8 heteroatoms. The van der Waals surface area contributed by atoms with Crippen molar-refractivity contribution in [3.05, 3.63) is 64.6 Å². The maximum absolute atomic E-state index is 12.7. The number of nitrogens with one attached hydrogen (secondary N) is 1.